The summed E-state index contributed by atoms with van der Waals surface area (Å²) in [6, 6.07) is 14.6. The number of benzene rings is 2. The number of hydrogen-bond donors (Lipinski definition) is 1. The van der Waals surface area contributed by atoms with Gasteiger partial charge >= 0.3 is 0 Å². The minimum Gasteiger partial charge on any atom is -0.508 e. The fraction of sp³-hybridized carbons (Fsp3) is 0.188. The summed E-state index contributed by atoms with van der Waals surface area (Å²) in [5.41, 5.74) is 2.89. The van der Waals surface area contributed by atoms with Gasteiger partial charge in [-0.05, 0) is 36.6 Å². The molecule has 0 unspecified atom stereocenters. The molecule has 0 fully saturated rings. The van der Waals surface area contributed by atoms with Gasteiger partial charge in [-0.15, -0.1) is 0 Å². The molecule has 18 heavy (non-hydrogen) atoms. The van der Waals surface area contributed by atoms with Gasteiger partial charge in [-0.25, -0.2) is 0 Å². The van der Waals surface area contributed by atoms with Crippen molar-refractivity contribution >= 4 is 5.78 Å². The van der Waals surface area contributed by atoms with E-state index in [1.807, 2.05) is 43.3 Å². The van der Waals surface area contributed by atoms with Crippen LogP contribution in [0.1, 0.15) is 27.9 Å². The highest BCUT2D eigenvalue weighted by Crippen LogP contribution is 2.17. The Morgan fingerprint density at radius 2 is 1.83 bits per heavy atom. The standard InChI is InChI=1S/C16H16O2/c1-12-11-15(17)9-7-13(12)8-10-16(18)14-5-3-2-4-6-14/h2-7,9,11,17H,8,10H2,1H3. The molecule has 0 bridgehead atoms. The van der Waals surface area contributed by atoms with Crippen molar-refractivity contribution in [3.05, 3.63) is 65.2 Å². The zero-order valence-corrected chi connectivity index (χ0v) is 10.4. The summed E-state index contributed by atoms with van der Waals surface area (Å²) in [6.45, 7) is 1.95. The highest BCUT2D eigenvalue weighted by atomic mass is 16.3. The van der Waals surface area contributed by atoms with Crippen LogP contribution in [0, 0.1) is 6.92 Å². The second-order valence-corrected chi connectivity index (χ2v) is 4.40. The molecule has 2 heteroatoms. The van der Waals surface area contributed by atoms with Gasteiger partial charge in [-0.2, -0.15) is 0 Å². The molecule has 0 aliphatic carbocycles. The average molecular weight is 240 g/mol. The second-order valence-electron chi connectivity index (χ2n) is 4.40. The van der Waals surface area contributed by atoms with E-state index in [2.05, 4.69) is 0 Å². The van der Waals surface area contributed by atoms with Gasteiger partial charge in [0, 0.05) is 12.0 Å². The molecule has 0 heterocycles. The lowest BCUT2D eigenvalue weighted by Crippen LogP contribution is -2.01. The summed E-state index contributed by atoms with van der Waals surface area (Å²) >= 11 is 0. The van der Waals surface area contributed by atoms with Crippen LogP contribution in [0.3, 0.4) is 0 Å². The lowest BCUT2D eigenvalue weighted by Gasteiger charge is -2.06. The Hall–Kier alpha value is -2.09. The largest absolute Gasteiger partial charge is 0.508 e. The first-order chi connectivity index (χ1) is 8.66. The van der Waals surface area contributed by atoms with Crippen molar-refractivity contribution in [3.8, 4) is 5.75 Å². The molecule has 1 N–H and O–H groups in total. The molecule has 0 aromatic heterocycles. The number of aryl methyl sites for hydroxylation is 2. The molecule has 92 valence electrons. The summed E-state index contributed by atoms with van der Waals surface area (Å²) in [5, 5.41) is 9.33. The van der Waals surface area contributed by atoms with Crippen LogP contribution < -0.4 is 0 Å². The monoisotopic (exact) mass is 240 g/mol. The van der Waals surface area contributed by atoms with Crippen molar-refractivity contribution in [2.24, 2.45) is 0 Å². The maximum atomic E-state index is 11.9. The predicted octanol–water partition coefficient (Wildman–Crippen LogP) is 3.52. The Balaban J connectivity index is 2.02. The summed E-state index contributed by atoms with van der Waals surface area (Å²) in [6.07, 6.45) is 1.20. The summed E-state index contributed by atoms with van der Waals surface area (Å²) in [5.74, 6) is 0.425. The predicted molar refractivity (Wildman–Crippen MR) is 71.9 cm³/mol. The van der Waals surface area contributed by atoms with E-state index in [4.69, 9.17) is 0 Å². The van der Waals surface area contributed by atoms with E-state index < -0.39 is 0 Å². The second kappa shape index (κ2) is 5.50. The molecule has 2 nitrogen and oxygen atoms in total. The normalized spacial score (nSPS) is 10.3. The quantitative estimate of drug-likeness (QED) is 0.830. The fourth-order valence-corrected chi connectivity index (χ4v) is 1.98. The molecule has 0 atom stereocenters. The number of carbonyl (C=O) groups is 1. The summed E-state index contributed by atoms with van der Waals surface area (Å²) in [7, 11) is 0. The van der Waals surface area contributed by atoms with Gasteiger partial charge in [0.25, 0.3) is 0 Å². The first-order valence-corrected chi connectivity index (χ1v) is 6.03. The number of phenols is 1. The maximum Gasteiger partial charge on any atom is 0.163 e. The van der Waals surface area contributed by atoms with Crippen molar-refractivity contribution in [1.29, 1.82) is 0 Å². The van der Waals surface area contributed by atoms with Gasteiger partial charge in [0.15, 0.2) is 5.78 Å². The van der Waals surface area contributed by atoms with Crippen LogP contribution in [0.5, 0.6) is 5.75 Å². The van der Waals surface area contributed by atoms with Crippen LogP contribution in [0.4, 0.5) is 0 Å². The lowest BCUT2D eigenvalue weighted by atomic mass is 9.99. The van der Waals surface area contributed by atoms with Crippen LogP contribution in [0.15, 0.2) is 48.5 Å². The Kier molecular flexibility index (Phi) is 3.78. The van der Waals surface area contributed by atoms with Crippen molar-refractivity contribution in [2.45, 2.75) is 19.8 Å². The number of hydrogen-bond acceptors (Lipinski definition) is 2. The van der Waals surface area contributed by atoms with Crippen molar-refractivity contribution in [3.63, 3.8) is 0 Å². The lowest BCUT2D eigenvalue weighted by molar-refractivity contribution is 0.0983. The number of phenolic OH excluding ortho intramolecular Hbond substituents is 1. The van der Waals surface area contributed by atoms with Gasteiger partial charge < -0.3 is 5.11 Å². The molecule has 0 saturated heterocycles. The number of Topliss-reactive ketones (excluding diaryl/α,β-unsaturated/α-hetero) is 1. The fourth-order valence-electron chi connectivity index (χ4n) is 1.98. The van der Waals surface area contributed by atoms with Gasteiger partial charge in [-0.3, -0.25) is 4.79 Å². The van der Waals surface area contributed by atoms with Crippen molar-refractivity contribution in [2.75, 3.05) is 0 Å². The summed E-state index contributed by atoms with van der Waals surface area (Å²) in [4.78, 5) is 11.9. The molecule has 0 radical (unpaired) electrons. The molecule has 2 aromatic rings. The smallest absolute Gasteiger partial charge is 0.163 e. The van der Waals surface area contributed by atoms with E-state index in [0.717, 1.165) is 16.7 Å². The third-order valence-electron chi connectivity index (χ3n) is 3.04. The van der Waals surface area contributed by atoms with Crippen LogP contribution in [0.2, 0.25) is 0 Å². The zero-order chi connectivity index (χ0) is 13.0. The molecule has 0 aliphatic rings. The molecule has 0 aliphatic heterocycles. The topological polar surface area (TPSA) is 37.3 Å². The highest BCUT2D eigenvalue weighted by molar-refractivity contribution is 5.96. The molecule has 0 amide bonds. The molecular formula is C16H16O2. The number of rotatable bonds is 4. The molecule has 2 aromatic carbocycles. The third kappa shape index (κ3) is 2.98. The van der Waals surface area contributed by atoms with E-state index in [1.165, 1.54) is 0 Å². The number of aromatic hydroxyl groups is 1. The Labute approximate surface area is 107 Å². The SMILES string of the molecule is Cc1cc(O)ccc1CCC(=O)c1ccccc1. The van der Waals surface area contributed by atoms with Gasteiger partial charge in [0.2, 0.25) is 0 Å². The van der Waals surface area contributed by atoms with Gasteiger partial charge in [0.1, 0.15) is 5.75 Å². The minimum atomic E-state index is 0.156. The van der Waals surface area contributed by atoms with Crippen LogP contribution in [-0.4, -0.2) is 10.9 Å². The molecule has 0 spiro atoms. The van der Waals surface area contributed by atoms with E-state index in [9.17, 15) is 9.90 Å². The zero-order valence-electron chi connectivity index (χ0n) is 10.4. The molecule has 0 saturated carbocycles. The molecular weight excluding hydrogens is 224 g/mol. The van der Waals surface area contributed by atoms with E-state index in [0.29, 0.717) is 12.8 Å². The Morgan fingerprint density at radius 3 is 2.50 bits per heavy atom. The van der Waals surface area contributed by atoms with Crippen molar-refractivity contribution < 1.29 is 9.90 Å². The number of carbonyl (C=O) groups excluding carboxylic acids is 1. The van der Waals surface area contributed by atoms with E-state index in [1.54, 1.807) is 12.1 Å². The Morgan fingerprint density at radius 1 is 1.11 bits per heavy atom. The number of ketones is 1. The minimum absolute atomic E-state index is 0.156. The van der Waals surface area contributed by atoms with Crippen LogP contribution >= 0.6 is 0 Å². The first kappa shape index (κ1) is 12.4. The van der Waals surface area contributed by atoms with Crippen LogP contribution in [0.25, 0.3) is 0 Å². The average Bonchev–Trinajstić information content (AvgIpc) is 2.38. The van der Waals surface area contributed by atoms with Gasteiger partial charge in [0.05, 0.1) is 0 Å². The van der Waals surface area contributed by atoms with Gasteiger partial charge in [-0.1, -0.05) is 36.4 Å². The summed E-state index contributed by atoms with van der Waals surface area (Å²) < 4.78 is 0. The van der Waals surface area contributed by atoms with Crippen molar-refractivity contribution in [1.82, 2.24) is 0 Å². The molecule has 2 rings (SSSR count). The highest BCUT2D eigenvalue weighted by Gasteiger charge is 2.07. The van der Waals surface area contributed by atoms with Crippen LogP contribution in [-0.2, 0) is 6.42 Å². The van der Waals surface area contributed by atoms with E-state index >= 15 is 0 Å². The third-order valence-corrected chi connectivity index (χ3v) is 3.04. The Bertz CT molecular complexity index is 544. The maximum absolute atomic E-state index is 11.9. The first-order valence-electron chi connectivity index (χ1n) is 6.03. The van der Waals surface area contributed by atoms with E-state index in [-0.39, 0.29) is 11.5 Å².